The number of anilines is 1. The van der Waals surface area contributed by atoms with E-state index in [1.165, 1.54) is 11.3 Å². The number of thiazole rings is 1. The van der Waals surface area contributed by atoms with Crippen molar-refractivity contribution in [2.24, 2.45) is 0 Å². The summed E-state index contributed by atoms with van der Waals surface area (Å²) in [5, 5.41) is 4.08. The number of hydrogen-bond acceptors (Lipinski definition) is 5. The monoisotopic (exact) mass is 372 g/mol. The average Bonchev–Trinajstić information content (AvgIpc) is 3.23. The molecule has 5 nitrogen and oxygen atoms in total. The van der Waals surface area contributed by atoms with Gasteiger partial charge in [0.1, 0.15) is 0 Å². The van der Waals surface area contributed by atoms with E-state index >= 15 is 0 Å². The van der Waals surface area contributed by atoms with E-state index in [0.717, 1.165) is 16.9 Å². The van der Waals surface area contributed by atoms with Crippen LogP contribution in [0.5, 0.6) is 11.5 Å². The Hall–Kier alpha value is -2.57. The highest BCUT2D eigenvalue weighted by Gasteiger charge is 2.17. The van der Waals surface area contributed by atoms with Crippen LogP contribution >= 0.6 is 22.9 Å². The molecular weight excluding hydrogens is 360 g/mol. The van der Waals surface area contributed by atoms with Gasteiger partial charge < -0.3 is 9.47 Å². The van der Waals surface area contributed by atoms with Gasteiger partial charge in [-0.15, -0.1) is 11.3 Å². The predicted octanol–water partition coefficient (Wildman–Crippen LogP) is 4.37. The fraction of sp³-hybridized carbons (Fsp3) is 0.111. The molecule has 1 aromatic heterocycles. The predicted molar refractivity (Wildman–Crippen MR) is 96.9 cm³/mol. The quantitative estimate of drug-likeness (QED) is 0.738. The molecule has 7 heteroatoms. The third-order valence-corrected chi connectivity index (χ3v) is 4.82. The fourth-order valence-electron chi connectivity index (χ4n) is 2.50. The molecule has 1 aliphatic rings. The van der Waals surface area contributed by atoms with Crippen molar-refractivity contribution >= 4 is 34.0 Å². The second kappa shape index (κ2) is 6.74. The van der Waals surface area contributed by atoms with Crippen LogP contribution in [0, 0.1) is 0 Å². The lowest BCUT2D eigenvalue weighted by Crippen LogP contribution is -2.11. The highest BCUT2D eigenvalue weighted by molar-refractivity contribution is 7.15. The van der Waals surface area contributed by atoms with Crippen LogP contribution in [0.2, 0.25) is 5.02 Å². The normalized spacial score (nSPS) is 12.2. The molecule has 25 heavy (non-hydrogen) atoms. The Kier molecular flexibility index (Phi) is 4.29. The third-order valence-electron chi connectivity index (χ3n) is 3.68. The first-order valence-electron chi connectivity index (χ1n) is 7.57. The average molecular weight is 373 g/mol. The maximum Gasteiger partial charge on any atom is 0.257 e. The Bertz CT molecular complexity index is 942. The van der Waals surface area contributed by atoms with E-state index in [1.807, 2.05) is 24.3 Å². The van der Waals surface area contributed by atoms with Crippen molar-refractivity contribution in [2.45, 2.75) is 6.42 Å². The first kappa shape index (κ1) is 15.9. The molecule has 1 aliphatic heterocycles. The Morgan fingerprint density at radius 3 is 2.96 bits per heavy atom. The van der Waals surface area contributed by atoms with Crippen molar-refractivity contribution in [3.05, 3.63) is 69.7 Å². The van der Waals surface area contributed by atoms with Crippen LogP contribution in [0.15, 0.2) is 48.7 Å². The van der Waals surface area contributed by atoms with Crippen molar-refractivity contribution in [1.82, 2.24) is 4.98 Å². The zero-order valence-electron chi connectivity index (χ0n) is 13.0. The number of rotatable bonds is 4. The molecule has 2 heterocycles. The minimum Gasteiger partial charge on any atom is -0.454 e. The molecule has 0 aliphatic carbocycles. The summed E-state index contributed by atoms with van der Waals surface area (Å²) in [4.78, 5) is 17.7. The Balaban J connectivity index is 1.44. The summed E-state index contributed by atoms with van der Waals surface area (Å²) < 4.78 is 10.5. The molecule has 0 saturated carbocycles. The van der Waals surface area contributed by atoms with Crippen LogP contribution in [0.4, 0.5) is 5.13 Å². The van der Waals surface area contributed by atoms with E-state index in [2.05, 4.69) is 10.3 Å². The van der Waals surface area contributed by atoms with Gasteiger partial charge in [-0.2, -0.15) is 0 Å². The molecule has 0 unspecified atom stereocenters. The third kappa shape index (κ3) is 3.60. The summed E-state index contributed by atoms with van der Waals surface area (Å²) in [6, 6.07) is 12.8. The van der Waals surface area contributed by atoms with Gasteiger partial charge in [-0.3, -0.25) is 10.1 Å². The first-order chi connectivity index (χ1) is 12.2. The summed E-state index contributed by atoms with van der Waals surface area (Å²) in [7, 11) is 0. The number of amides is 1. The maximum atomic E-state index is 12.4. The molecule has 126 valence electrons. The number of carbonyl (C=O) groups is 1. The molecule has 1 amide bonds. The molecule has 0 saturated heterocycles. The number of aromatic nitrogens is 1. The van der Waals surface area contributed by atoms with Crippen molar-refractivity contribution in [1.29, 1.82) is 0 Å². The molecule has 0 atom stereocenters. The number of ether oxygens (including phenoxy) is 2. The second-order valence-corrected chi connectivity index (χ2v) is 7.01. The topological polar surface area (TPSA) is 60.5 Å². The summed E-state index contributed by atoms with van der Waals surface area (Å²) >= 11 is 7.44. The van der Waals surface area contributed by atoms with Gasteiger partial charge in [-0.25, -0.2) is 4.98 Å². The lowest BCUT2D eigenvalue weighted by molar-refractivity contribution is 0.102. The van der Waals surface area contributed by atoms with Gasteiger partial charge >= 0.3 is 0 Å². The summed E-state index contributed by atoms with van der Waals surface area (Å²) in [6.45, 7) is 0.180. The van der Waals surface area contributed by atoms with Crippen LogP contribution in [0.1, 0.15) is 20.8 Å². The molecule has 0 fully saturated rings. The number of fused-ring (bicyclic) bond motifs is 1. The van der Waals surface area contributed by atoms with Gasteiger partial charge in [0.15, 0.2) is 16.6 Å². The van der Waals surface area contributed by atoms with Gasteiger partial charge in [0, 0.05) is 28.1 Å². The molecule has 0 bridgehead atoms. The summed E-state index contributed by atoms with van der Waals surface area (Å²) in [5.74, 6) is 0.991. The largest absolute Gasteiger partial charge is 0.454 e. The van der Waals surface area contributed by atoms with Crippen LogP contribution in [-0.2, 0) is 6.42 Å². The van der Waals surface area contributed by atoms with Crippen molar-refractivity contribution in [3.63, 3.8) is 0 Å². The molecule has 4 rings (SSSR count). The molecule has 3 aromatic rings. The minimum absolute atomic E-state index is 0.180. The number of benzene rings is 2. The van der Waals surface area contributed by atoms with Crippen LogP contribution in [0.3, 0.4) is 0 Å². The van der Waals surface area contributed by atoms with Gasteiger partial charge in [0.05, 0.1) is 0 Å². The number of nitrogens with one attached hydrogen (secondary N) is 1. The van der Waals surface area contributed by atoms with Crippen molar-refractivity contribution < 1.29 is 14.3 Å². The summed E-state index contributed by atoms with van der Waals surface area (Å²) in [6.07, 6.45) is 2.49. The number of hydrogen-bond donors (Lipinski definition) is 1. The second-order valence-electron chi connectivity index (χ2n) is 5.46. The Morgan fingerprint density at radius 1 is 1.20 bits per heavy atom. The molecule has 1 N–H and O–H groups in total. The summed E-state index contributed by atoms with van der Waals surface area (Å²) in [5.41, 5.74) is 1.60. The van der Waals surface area contributed by atoms with Crippen molar-refractivity contribution in [2.75, 3.05) is 12.1 Å². The number of carbonyl (C=O) groups excluding carboxylic acids is 1. The van der Waals surface area contributed by atoms with E-state index in [0.29, 0.717) is 27.2 Å². The molecular formula is C18H13ClN2O3S. The van der Waals surface area contributed by atoms with Crippen LogP contribution in [0.25, 0.3) is 0 Å². The molecule has 2 aromatic carbocycles. The number of halogens is 1. The van der Waals surface area contributed by atoms with Crippen LogP contribution in [-0.4, -0.2) is 17.7 Å². The van der Waals surface area contributed by atoms with E-state index in [9.17, 15) is 4.79 Å². The van der Waals surface area contributed by atoms with Crippen molar-refractivity contribution in [3.8, 4) is 11.5 Å². The number of nitrogens with zero attached hydrogens (tertiary/aromatic N) is 1. The standard InChI is InChI=1S/C18H13ClN2O3S/c19-13-3-1-2-11(6-13)7-14-9-20-18(25-14)21-17(22)12-4-5-15-16(8-12)24-10-23-15/h1-6,8-9H,7,10H2,(H,20,21,22). The zero-order valence-corrected chi connectivity index (χ0v) is 14.6. The molecule has 0 spiro atoms. The Morgan fingerprint density at radius 2 is 2.08 bits per heavy atom. The van der Waals surface area contributed by atoms with Gasteiger partial charge in [0.2, 0.25) is 6.79 Å². The lowest BCUT2D eigenvalue weighted by Gasteiger charge is -2.03. The lowest BCUT2D eigenvalue weighted by atomic mass is 10.1. The highest BCUT2D eigenvalue weighted by atomic mass is 35.5. The van der Waals surface area contributed by atoms with E-state index in [1.54, 1.807) is 24.4 Å². The van der Waals surface area contributed by atoms with Gasteiger partial charge in [-0.05, 0) is 35.9 Å². The van der Waals surface area contributed by atoms with Crippen LogP contribution < -0.4 is 14.8 Å². The van der Waals surface area contributed by atoms with E-state index in [-0.39, 0.29) is 12.7 Å². The minimum atomic E-state index is -0.234. The smallest absolute Gasteiger partial charge is 0.257 e. The zero-order chi connectivity index (χ0) is 17.2. The first-order valence-corrected chi connectivity index (χ1v) is 8.77. The highest BCUT2D eigenvalue weighted by Crippen LogP contribution is 2.32. The SMILES string of the molecule is O=C(Nc1ncc(Cc2cccc(Cl)c2)s1)c1ccc2c(c1)OCO2. The van der Waals surface area contributed by atoms with E-state index in [4.69, 9.17) is 21.1 Å². The Labute approximate surface area is 153 Å². The maximum absolute atomic E-state index is 12.4. The molecule has 0 radical (unpaired) electrons. The fourth-order valence-corrected chi connectivity index (χ4v) is 3.56. The van der Waals surface area contributed by atoms with Gasteiger partial charge in [0.25, 0.3) is 5.91 Å². The van der Waals surface area contributed by atoms with E-state index < -0.39 is 0 Å². The van der Waals surface area contributed by atoms with Gasteiger partial charge in [-0.1, -0.05) is 23.7 Å².